The number of nitrogens with two attached hydrogens (primary N) is 2. The third kappa shape index (κ3) is 5.67. The van der Waals surface area contributed by atoms with Gasteiger partial charge in [0.25, 0.3) is 11.8 Å². The summed E-state index contributed by atoms with van der Waals surface area (Å²) >= 11 is 0. The Morgan fingerprint density at radius 3 is 2.51 bits per heavy atom. The first kappa shape index (κ1) is 24.0. The number of hydrogen-bond acceptors (Lipinski definition) is 6. The van der Waals surface area contributed by atoms with E-state index in [1.54, 1.807) is 48.7 Å². The lowest BCUT2D eigenvalue weighted by atomic mass is 9.93. The molecule has 180 valence electrons. The zero-order chi connectivity index (χ0) is 24.8. The minimum absolute atomic E-state index is 0.154. The van der Waals surface area contributed by atoms with Crippen LogP contribution < -0.4 is 16.9 Å². The molecule has 0 unspecified atom stereocenters. The molecule has 9 heteroatoms. The molecular weight excluding hydrogens is 442 g/mol. The number of carbonyl (C=O) groups is 2. The van der Waals surface area contributed by atoms with Gasteiger partial charge in [-0.3, -0.25) is 14.5 Å². The number of aromatic nitrogens is 3. The number of piperidine rings is 1. The van der Waals surface area contributed by atoms with Crippen molar-refractivity contribution in [3.63, 3.8) is 0 Å². The molecule has 4 rings (SSSR count). The molecule has 0 aliphatic carbocycles. The summed E-state index contributed by atoms with van der Waals surface area (Å²) in [6, 6.07) is 12.1. The Bertz CT molecular complexity index is 1250. The van der Waals surface area contributed by atoms with Gasteiger partial charge in [-0.1, -0.05) is 24.1 Å². The monoisotopic (exact) mass is 471 g/mol. The van der Waals surface area contributed by atoms with Crippen LogP contribution in [0.3, 0.4) is 0 Å². The van der Waals surface area contributed by atoms with Crippen LogP contribution >= 0.6 is 0 Å². The van der Waals surface area contributed by atoms with Gasteiger partial charge >= 0.3 is 0 Å². The van der Waals surface area contributed by atoms with Gasteiger partial charge < -0.3 is 16.9 Å². The predicted molar refractivity (Wildman–Crippen MR) is 135 cm³/mol. The van der Waals surface area contributed by atoms with E-state index in [2.05, 4.69) is 27.0 Å². The molecule has 0 radical (unpaired) electrons. The zero-order valence-electron chi connectivity index (χ0n) is 19.7. The van der Waals surface area contributed by atoms with Crippen molar-refractivity contribution in [3.05, 3.63) is 65.7 Å². The first-order valence-corrected chi connectivity index (χ1v) is 11.6. The van der Waals surface area contributed by atoms with Crippen molar-refractivity contribution in [2.75, 3.05) is 30.8 Å². The molecule has 0 bridgehead atoms. The maximum atomic E-state index is 12.5. The summed E-state index contributed by atoms with van der Waals surface area (Å²) in [5.74, 6) is 12.9. The van der Waals surface area contributed by atoms with Crippen molar-refractivity contribution in [3.8, 4) is 23.1 Å². The van der Waals surface area contributed by atoms with Gasteiger partial charge in [0.2, 0.25) is 0 Å². The van der Waals surface area contributed by atoms with Gasteiger partial charge in [0.05, 0.1) is 6.54 Å². The molecule has 3 aromatic rings. The first-order valence-electron chi connectivity index (χ1n) is 11.6. The molecule has 1 aromatic carbocycles. The van der Waals surface area contributed by atoms with Crippen molar-refractivity contribution in [1.29, 1.82) is 0 Å². The fourth-order valence-electron chi connectivity index (χ4n) is 4.26. The highest BCUT2D eigenvalue weighted by molar-refractivity contribution is 6.04. The second kappa shape index (κ2) is 10.8. The second-order valence-corrected chi connectivity index (χ2v) is 8.56. The lowest BCUT2D eigenvalue weighted by Crippen LogP contribution is -2.35. The van der Waals surface area contributed by atoms with Gasteiger partial charge in [0.15, 0.2) is 5.69 Å². The second-order valence-electron chi connectivity index (χ2n) is 8.56. The van der Waals surface area contributed by atoms with E-state index in [0.717, 1.165) is 32.5 Å². The van der Waals surface area contributed by atoms with Gasteiger partial charge in [0.1, 0.15) is 17.3 Å². The van der Waals surface area contributed by atoms with Gasteiger partial charge in [-0.25, -0.2) is 14.6 Å². The quantitative estimate of drug-likeness (QED) is 0.358. The lowest BCUT2D eigenvalue weighted by Gasteiger charge is -2.30. The third-order valence-corrected chi connectivity index (χ3v) is 6.20. The Labute approximate surface area is 204 Å². The van der Waals surface area contributed by atoms with Crippen molar-refractivity contribution in [2.45, 2.75) is 26.2 Å². The third-order valence-electron chi connectivity index (χ3n) is 6.20. The molecule has 5 N–H and O–H groups in total. The van der Waals surface area contributed by atoms with E-state index in [-0.39, 0.29) is 11.6 Å². The van der Waals surface area contributed by atoms with Crippen LogP contribution in [0.25, 0.3) is 11.3 Å². The molecule has 0 saturated carbocycles. The molecule has 35 heavy (non-hydrogen) atoms. The number of pyridine rings is 1. The number of hydrogen-bond donors (Lipinski definition) is 3. The highest BCUT2D eigenvalue weighted by Crippen LogP contribution is 2.27. The van der Waals surface area contributed by atoms with Gasteiger partial charge in [-0.2, -0.15) is 0 Å². The summed E-state index contributed by atoms with van der Waals surface area (Å²) in [4.78, 5) is 35.9. The summed E-state index contributed by atoms with van der Waals surface area (Å²) in [5.41, 5.74) is 7.34. The molecule has 3 heterocycles. The first-order chi connectivity index (χ1) is 17.0. The minimum Gasteiger partial charge on any atom is -0.364 e. The van der Waals surface area contributed by atoms with Crippen LogP contribution in [-0.2, 0) is 6.42 Å². The normalized spacial score (nSPS) is 14.2. The van der Waals surface area contributed by atoms with E-state index in [1.807, 2.05) is 6.92 Å². The van der Waals surface area contributed by atoms with E-state index < -0.39 is 5.91 Å². The number of likely N-dealkylation sites (tertiary alicyclic amines) is 1. The largest absolute Gasteiger partial charge is 0.364 e. The molecule has 1 fully saturated rings. The van der Waals surface area contributed by atoms with Gasteiger partial charge in [-0.15, -0.1) is 5.92 Å². The van der Waals surface area contributed by atoms with Crippen molar-refractivity contribution < 1.29 is 9.59 Å². The number of anilines is 1. The number of nitrogens with one attached hydrogen (secondary N) is 1. The summed E-state index contributed by atoms with van der Waals surface area (Å²) in [6.07, 6.45) is 4.29. The van der Waals surface area contributed by atoms with Crippen LogP contribution in [0.15, 0.2) is 48.7 Å². The predicted octanol–water partition coefficient (Wildman–Crippen LogP) is 2.29. The number of benzene rings is 1. The Kier molecular flexibility index (Phi) is 7.43. The number of nitrogen functional groups attached to an aromatic ring is 1. The van der Waals surface area contributed by atoms with Crippen LogP contribution in [0.4, 0.5) is 5.82 Å². The van der Waals surface area contributed by atoms with Gasteiger partial charge in [0, 0.05) is 23.7 Å². The van der Waals surface area contributed by atoms with Crippen molar-refractivity contribution in [1.82, 2.24) is 19.5 Å². The summed E-state index contributed by atoms with van der Waals surface area (Å²) < 4.78 is 1.31. The maximum Gasteiger partial charge on any atom is 0.269 e. The SMILES string of the molecule is CC#CCN1CCC(Cc2nc(-c3ccc(C(=O)Nc4ccccn4)cc3)c(C(N)=O)n2N)CC1. The molecule has 0 atom stereocenters. The average Bonchev–Trinajstić information content (AvgIpc) is 3.20. The minimum atomic E-state index is -0.647. The van der Waals surface area contributed by atoms with E-state index >= 15 is 0 Å². The van der Waals surface area contributed by atoms with Crippen LogP contribution in [0.1, 0.15) is 46.4 Å². The Morgan fingerprint density at radius 2 is 1.89 bits per heavy atom. The molecule has 2 aromatic heterocycles. The van der Waals surface area contributed by atoms with E-state index in [9.17, 15) is 9.59 Å². The number of nitrogens with zero attached hydrogens (tertiary/aromatic N) is 4. The molecule has 2 amide bonds. The Balaban J connectivity index is 1.49. The van der Waals surface area contributed by atoms with Crippen molar-refractivity contribution in [2.24, 2.45) is 11.7 Å². The topological polar surface area (TPSA) is 132 Å². The number of rotatable bonds is 7. The summed E-state index contributed by atoms with van der Waals surface area (Å²) in [5, 5.41) is 2.75. The number of imidazole rings is 1. The molecular formula is C26H29N7O2. The van der Waals surface area contributed by atoms with E-state index in [1.165, 1.54) is 4.68 Å². The van der Waals surface area contributed by atoms with Crippen LogP contribution in [0.2, 0.25) is 0 Å². The number of carbonyl (C=O) groups excluding carboxylic acids is 2. The number of amides is 2. The molecule has 1 aliphatic heterocycles. The van der Waals surface area contributed by atoms with E-state index in [4.69, 9.17) is 16.6 Å². The van der Waals surface area contributed by atoms with Gasteiger partial charge in [-0.05, 0) is 63.0 Å². The molecule has 1 aliphatic rings. The average molecular weight is 472 g/mol. The highest BCUT2D eigenvalue weighted by atomic mass is 16.2. The fraction of sp³-hybridized carbons (Fsp3) is 0.308. The standard InChI is InChI=1S/C26H29N7O2/c1-2-3-14-32-15-11-18(12-16-32)17-22-31-23(24(25(27)34)33(22)28)19-7-9-20(10-8-19)26(35)30-21-6-4-5-13-29-21/h4-10,13,18H,11-12,14-17,28H2,1H3,(H2,27,34)(H,29,30,35). The smallest absolute Gasteiger partial charge is 0.269 e. The molecule has 0 spiro atoms. The molecule has 1 saturated heterocycles. The van der Waals surface area contributed by atoms with Crippen LogP contribution in [0, 0.1) is 17.8 Å². The Hall–Kier alpha value is -4.16. The van der Waals surface area contributed by atoms with Crippen LogP contribution in [-0.4, -0.2) is 51.0 Å². The van der Waals surface area contributed by atoms with E-state index in [0.29, 0.717) is 40.8 Å². The summed E-state index contributed by atoms with van der Waals surface area (Å²) in [6.45, 7) is 4.59. The zero-order valence-corrected chi connectivity index (χ0v) is 19.7. The molecule has 9 nitrogen and oxygen atoms in total. The highest BCUT2D eigenvalue weighted by Gasteiger charge is 2.25. The van der Waals surface area contributed by atoms with Crippen molar-refractivity contribution >= 4 is 17.6 Å². The lowest BCUT2D eigenvalue weighted by molar-refractivity contribution is 0.0991. The number of primary amides is 1. The maximum absolute atomic E-state index is 12.5. The Morgan fingerprint density at radius 1 is 1.14 bits per heavy atom. The fourth-order valence-corrected chi connectivity index (χ4v) is 4.26. The summed E-state index contributed by atoms with van der Waals surface area (Å²) in [7, 11) is 0. The van der Waals surface area contributed by atoms with Crippen LogP contribution in [0.5, 0.6) is 0 Å².